The third-order valence-electron chi connectivity index (χ3n) is 5.69. The molecule has 3 heteroatoms. The van der Waals surface area contributed by atoms with Crippen molar-refractivity contribution in [2.45, 2.75) is 75.9 Å². The second-order valence-corrected chi connectivity index (χ2v) is 6.88. The van der Waals surface area contributed by atoms with Gasteiger partial charge in [-0.3, -0.25) is 9.80 Å². The van der Waals surface area contributed by atoms with Crippen molar-refractivity contribution in [1.29, 1.82) is 0 Å². The molecule has 2 atom stereocenters. The number of nitrogens with zero attached hydrogens (tertiary/aromatic N) is 2. The highest BCUT2D eigenvalue weighted by Gasteiger charge is 2.31. The second-order valence-electron chi connectivity index (χ2n) is 6.88. The van der Waals surface area contributed by atoms with Gasteiger partial charge >= 0.3 is 0 Å². The van der Waals surface area contributed by atoms with Crippen LogP contribution in [0.5, 0.6) is 0 Å². The van der Waals surface area contributed by atoms with E-state index in [1.165, 1.54) is 84.0 Å². The van der Waals surface area contributed by atoms with E-state index in [1.54, 1.807) is 0 Å². The molecule has 0 aromatic rings. The molecular formula is C16H31N3. The first kappa shape index (κ1) is 13.8. The molecule has 2 N–H and O–H groups in total. The Morgan fingerprint density at radius 2 is 1.21 bits per heavy atom. The lowest BCUT2D eigenvalue weighted by atomic mass is 10.0. The number of hydrogen-bond acceptors (Lipinski definition) is 3. The normalized spacial score (nSPS) is 36.5. The van der Waals surface area contributed by atoms with Crippen molar-refractivity contribution in [3.05, 3.63) is 0 Å². The second kappa shape index (κ2) is 6.55. The molecule has 2 aliphatic carbocycles. The Hall–Kier alpha value is -0.120. The highest BCUT2D eigenvalue weighted by atomic mass is 15.3. The highest BCUT2D eigenvalue weighted by Crippen LogP contribution is 2.26. The van der Waals surface area contributed by atoms with E-state index in [9.17, 15) is 0 Å². The summed E-state index contributed by atoms with van der Waals surface area (Å²) in [4.78, 5) is 5.47. The summed E-state index contributed by atoms with van der Waals surface area (Å²) in [7, 11) is 0. The van der Waals surface area contributed by atoms with Crippen LogP contribution in [0.3, 0.4) is 0 Å². The average Bonchev–Trinajstić information content (AvgIpc) is 2.89. The molecule has 3 aliphatic rings. The minimum Gasteiger partial charge on any atom is -0.326 e. The Morgan fingerprint density at radius 1 is 0.632 bits per heavy atom. The molecule has 3 fully saturated rings. The molecule has 2 unspecified atom stereocenters. The van der Waals surface area contributed by atoms with Crippen molar-refractivity contribution in [3.8, 4) is 0 Å². The molecule has 1 heterocycles. The molecular weight excluding hydrogens is 234 g/mol. The molecule has 110 valence electrons. The fourth-order valence-corrected chi connectivity index (χ4v) is 4.47. The Morgan fingerprint density at radius 3 is 1.95 bits per heavy atom. The van der Waals surface area contributed by atoms with E-state index in [0.717, 1.165) is 6.04 Å². The summed E-state index contributed by atoms with van der Waals surface area (Å²) < 4.78 is 0. The number of nitrogens with two attached hydrogens (primary N) is 1. The maximum atomic E-state index is 6.41. The van der Waals surface area contributed by atoms with Gasteiger partial charge in [-0.25, -0.2) is 0 Å². The van der Waals surface area contributed by atoms with Gasteiger partial charge < -0.3 is 5.73 Å². The summed E-state index contributed by atoms with van der Waals surface area (Å²) in [6.07, 6.45) is 12.5. The van der Waals surface area contributed by atoms with E-state index in [2.05, 4.69) is 9.80 Å². The van der Waals surface area contributed by atoms with Crippen LogP contribution in [0.25, 0.3) is 0 Å². The van der Waals surface area contributed by atoms with Crippen LogP contribution < -0.4 is 5.73 Å². The van der Waals surface area contributed by atoms with Gasteiger partial charge in [-0.15, -0.1) is 0 Å². The number of rotatable bonds is 2. The maximum absolute atomic E-state index is 6.41. The van der Waals surface area contributed by atoms with Crippen LogP contribution in [0.15, 0.2) is 0 Å². The number of piperazine rings is 1. The van der Waals surface area contributed by atoms with Gasteiger partial charge in [-0.2, -0.15) is 0 Å². The quantitative estimate of drug-likeness (QED) is 0.777. The van der Waals surface area contributed by atoms with E-state index in [-0.39, 0.29) is 0 Å². The van der Waals surface area contributed by atoms with Gasteiger partial charge in [0.2, 0.25) is 0 Å². The summed E-state index contributed by atoms with van der Waals surface area (Å²) in [6.45, 7) is 5.09. The minimum absolute atomic E-state index is 0.431. The van der Waals surface area contributed by atoms with Crippen molar-refractivity contribution >= 4 is 0 Å². The Kier molecular flexibility index (Phi) is 4.78. The third-order valence-corrected chi connectivity index (χ3v) is 5.69. The van der Waals surface area contributed by atoms with E-state index in [4.69, 9.17) is 5.73 Å². The van der Waals surface area contributed by atoms with Crippen molar-refractivity contribution < 1.29 is 0 Å². The van der Waals surface area contributed by atoms with Crippen molar-refractivity contribution in [1.82, 2.24) is 9.80 Å². The molecule has 3 rings (SSSR count). The van der Waals surface area contributed by atoms with Crippen LogP contribution in [0.1, 0.15) is 57.8 Å². The van der Waals surface area contributed by atoms with Gasteiger partial charge in [0.15, 0.2) is 0 Å². The zero-order valence-electron chi connectivity index (χ0n) is 12.4. The van der Waals surface area contributed by atoms with E-state index < -0.39 is 0 Å². The van der Waals surface area contributed by atoms with Gasteiger partial charge in [0.25, 0.3) is 0 Å². The molecule has 0 bridgehead atoms. The molecule has 0 aromatic heterocycles. The van der Waals surface area contributed by atoms with E-state index >= 15 is 0 Å². The summed E-state index contributed by atoms with van der Waals surface area (Å²) in [5, 5.41) is 0. The zero-order valence-corrected chi connectivity index (χ0v) is 12.4. The van der Waals surface area contributed by atoms with Crippen molar-refractivity contribution in [2.75, 3.05) is 26.2 Å². The standard InChI is InChI=1S/C16H31N3/c17-15-8-2-1-3-9-16(15)19-12-10-18(11-13-19)14-6-4-5-7-14/h14-16H,1-13,17H2. The van der Waals surface area contributed by atoms with Crippen molar-refractivity contribution in [3.63, 3.8) is 0 Å². The molecule has 19 heavy (non-hydrogen) atoms. The average molecular weight is 265 g/mol. The summed E-state index contributed by atoms with van der Waals surface area (Å²) >= 11 is 0. The van der Waals surface area contributed by atoms with Crippen LogP contribution in [0.2, 0.25) is 0 Å². The molecule has 2 saturated carbocycles. The lowest BCUT2D eigenvalue weighted by Crippen LogP contribution is -2.56. The van der Waals surface area contributed by atoms with Crippen LogP contribution in [-0.2, 0) is 0 Å². The van der Waals surface area contributed by atoms with Gasteiger partial charge in [0.1, 0.15) is 0 Å². The zero-order chi connectivity index (χ0) is 13.1. The van der Waals surface area contributed by atoms with Crippen LogP contribution in [0, 0.1) is 0 Å². The molecule has 3 nitrogen and oxygen atoms in total. The smallest absolute Gasteiger partial charge is 0.0248 e. The topological polar surface area (TPSA) is 32.5 Å². The maximum Gasteiger partial charge on any atom is 0.0248 e. The van der Waals surface area contributed by atoms with Gasteiger partial charge in [-0.1, -0.05) is 32.1 Å². The molecule has 0 radical (unpaired) electrons. The van der Waals surface area contributed by atoms with Gasteiger partial charge in [-0.05, 0) is 25.7 Å². The Bertz CT molecular complexity index is 267. The van der Waals surface area contributed by atoms with Crippen LogP contribution in [0.4, 0.5) is 0 Å². The predicted octanol–water partition coefficient (Wildman–Crippen LogP) is 2.21. The Labute approximate surface area is 118 Å². The van der Waals surface area contributed by atoms with Crippen LogP contribution >= 0.6 is 0 Å². The van der Waals surface area contributed by atoms with E-state index in [1.807, 2.05) is 0 Å². The Balaban J connectivity index is 1.51. The first-order valence-electron chi connectivity index (χ1n) is 8.58. The van der Waals surface area contributed by atoms with Crippen LogP contribution in [-0.4, -0.2) is 54.1 Å². The largest absolute Gasteiger partial charge is 0.326 e. The molecule has 1 aliphatic heterocycles. The highest BCUT2D eigenvalue weighted by molar-refractivity contribution is 4.89. The summed E-state index contributed by atoms with van der Waals surface area (Å²) in [5.74, 6) is 0. The first-order valence-corrected chi connectivity index (χ1v) is 8.58. The number of hydrogen-bond donors (Lipinski definition) is 1. The first-order chi connectivity index (χ1) is 9.34. The molecule has 0 spiro atoms. The third kappa shape index (κ3) is 3.32. The van der Waals surface area contributed by atoms with Gasteiger partial charge in [0, 0.05) is 44.3 Å². The summed E-state index contributed by atoms with van der Waals surface area (Å²) in [6, 6.07) is 2.01. The monoisotopic (exact) mass is 265 g/mol. The van der Waals surface area contributed by atoms with Gasteiger partial charge in [0.05, 0.1) is 0 Å². The lowest BCUT2D eigenvalue weighted by molar-refractivity contribution is 0.0595. The van der Waals surface area contributed by atoms with E-state index in [0.29, 0.717) is 12.1 Å². The fourth-order valence-electron chi connectivity index (χ4n) is 4.47. The minimum atomic E-state index is 0.431. The molecule has 1 saturated heterocycles. The van der Waals surface area contributed by atoms with Crippen molar-refractivity contribution in [2.24, 2.45) is 5.73 Å². The summed E-state index contributed by atoms with van der Waals surface area (Å²) in [5.41, 5.74) is 6.41. The lowest BCUT2D eigenvalue weighted by Gasteiger charge is -2.43. The SMILES string of the molecule is NC1CCCCCC1N1CCN(C2CCCC2)CC1. The molecule has 0 amide bonds. The molecule has 0 aromatic carbocycles. The fraction of sp³-hybridized carbons (Fsp3) is 1.00. The predicted molar refractivity (Wildman–Crippen MR) is 80.3 cm³/mol.